The van der Waals surface area contributed by atoms with E-state index in [4.69, 9.17) is 0 Å². The molecule has 0 N–H and O–H groups in total. The Hall–Kier alpha value is -0.0800. The number of rotatable bonds is 2. The highest BCUT2D eigenvalue weighted by atomic mass is 33.1. The van der Waals surface area contributed by atoms with Crippen molar-refractivity contribution < 1.29 is 0 Å². The van der Waals surface area contributed by atoms with E-state index >= 15 is 0 Å². The van der Waals surface area contributed by atoms with Gasteiger partial charge in [-0.05, 0) is 26.0 Å². The van der Waals surface area contributed by atoms with Crippen molar-refractivity contribution in [2.24, 2.45) is 0 Å². The predicted octanol–water partition coefficient (Wildman–Crippen LogP) is 3.88. The maximum absolute atomic E-state index is 2.41. The van der Waals surface area contributed by atoms with Crippen LogP contribution < -0.4 is 0 Å². The topological polar surface area (TPSA) is 0 Å². The van der Waals surface area contributed by atoms with Crippen LogP contribution in [0.4, 0.5) is 0 Å². The van der Waals surface area contributed by atoms with Crippen LogP contribution in [-0.2, 0) is 9.93 Å². The Morgan fingerprint density at radius 1 is 1.07 bits per heavy atom. The van der Waals surface area contributed by atoms with Crippen molar-refractivity contribution in [1.29, 1.82) is 0 Å². The van der Waals surface area contributed by atoms with Crippen molar-refractivity contribution >= 4 is 20.7 Å². The minimum Gasteiger partial charge on any atom is -0.0622 e. The first-order valence-corrected chi connectivity index (χ1v) is 7.91. The number of benzene rings is 1. The van der Waals surface area contributed by atoms with E-state index in [2.05, 4.69) is 55.0 Å². The molecule has 2 rings (SSSR count). The number of hydrogen-bond acceptors (Lipinski definition) is 1. The lowest BCUT2D eigenvalue weighted by Gasteiger charge is -2.07. The molecule has 1 heterocycles. The molecule has 0 aliphatic carbocycles. The Morgan fingerprint density at radius 2 is 1.64 bits per heavy atom. The molecule has 0 radical (unpaired) electrons. The van der Waals surface area contributed by atoms with Gasteiger partial charge in [0.1, 0.15) is 21.3 Å². The van der Waals surface area contributed by atoms with Gasteiger partial charge in [0.15, 0.2) is 0 Å². The summed E-state index contributed by atoms with van der Waals surface area (Å²) in [5, 5.41) is 1.82. The van der Waals surface area contributed by atoms with Crippen LogP contribution in [0.25, 0.3) is 0 Å². The summed E-state index contributed by atoms with van der Waals surface area (Å²) in [6.07, 6.45) is 2.84. The summed E-state index contributed by atoms with van der Waals surface area (Å²) >= 11 is 0. The molecule has 14 heavy (non-hydrogen) atoms. The average molecular weight is 225 g/mol. The Balaban J connectivity index is 2.04. The fourth-order valence-corrected chi connectivity index (χ4v) is 6.76. The summed E-state index contributed by atoms with van der Waals surface area (Å²) in [7, 11) is 2.64. The second-order valence-electron chi connectivity index (χ2n) is 3.92. The Labute approximate surface area is 93.2 Å². The molecule has 0 saturated carbocycles. The van der Waals surface area contributed by atoms with Gasteiger partial charge in [0, 0.05) is 12.8 Å². The van der Waals surface area contributed by atoms with Gasteiger partial charge in [-0.15, -0.1) is 0 Å². The highest BCUT2D eigenvalue weighted by Crippen LogP contribution is 2.40. The lowest BCUT2D eigenvalue weighted by atomic mass is 10.2. The summed E-state index contributed by atoms with van der Waals surface area (Å²) < 4.78 is 0. The average Bonchev–Trinajstić information content (AvgIpc) is 2.51. The van der Waals surface area contributed by atoms with E-state index in [1.165, 1.54) is 17.7 Å². The largest absolute Gasteiger partial charge is 0.129 e. The third-order valence-electron chi connectivity index (χ3n) is 2.71. The van der Waals surface area contributed by atoms with Crippen LogP contribution >= 0.6 is 10.8 Å². The van der Waals surface area contributed by atoms with Crippen LogP contribution in [-0.4, -0.2) is 10.5 Å². The SMILES string of the molecule is C[C@@H]1CC[C@@H](C)[S+]1Sc1ccccc1. The third-order valence-corrected chi connectivity index (χ3v) is 8.55. The fraction of sp³-hybridized carbons (Fsp3) is 0.500. The van der Waals surface area contributed by atoms with Crippen molar-refractivity contribution in [3.05, 3.63) is 30.3 Å². The Kier molecular flexibility index (Phi) is 3.45. The molecule has 0 unspecified atom stereocenters. The normalized spacial score (nSPS) is 28.1. The van der Waals surface area contributed by atoms with Crippen LogP contribution in [0, 0.1) is 0 Å². The zero-order valence-electron chi connectivity index (χ0n) is 8.77. The van der Waals surface area contributed by atoms with E-state index in [1.807, 2.05) is 0 Å². The van der Waals surface area contributed by atoms with Crippen molar-refractivity contribution in [2.45, 2.75) is 42.1 Å². The van der Waals surface area contributed by atoms with E-state index in [1.54, 1.807) is 0 Å². The fourth-order valence-electron chi connectivity index (χ4n) is 1.85. The number of hydrogen-bond donors (Lipinski definition) is 0. The minimum atomic E-state index is 0.549. The van der Waals surface area contributed by atoms with E-state index in [-0.39, 0.29) is 0 Å². The molecule has 0 amide bonds. The monoisotopic (exact) mass is 225 g/mol. The molecular weight excluding hydrogens is 208 g/mol. The first kappa shape index (κ1) is 10.4. The van der Waals surface area contributed by atoms with Gasteiger partial charge in [0.25, 0.3) is 0 Å². The first-order valence-electron chi connectivity index (χ1n) is 5.22. The lowest BCUT2D eigenvalue weighted by molar-refractivity contribution is 0.777. The molecule has 0 aromatic heterocycles. The van der Waals surface area contributed by atoms with E-state index in [0.717, 1.165) is 10.5 Å². The third kappa shape index (κ3) is 2.29. The predicted molar refractivity (Wildman–Crippen MR) is 67.8 cm³/mol. The summed E-state index contributed by atoms with van der Waals surface area (Å²) in [4.78, 5) is 1.44. The zero-order chi connectivity index (χ0) is 9.97. The van der Waals surface area contributed by atoms with Crippen LogP contribution in [0.15, 0.2) is 35.2 Å². The smallest absolute Gasteiger partial charge is 0.0622 e. The van der Waals surface area contributed by atoms with Gasteiger partial charge in [0.05, 0.1) is 14.8 Å². The van der Waals surface area contributed by atoms with Gasteiger partial charge in [-0.1, -0.05) is 18.2 Å². The van der Waals surface area contributed by atoms with Gasteiger partial charge < -0.3 is 0 Å². The highest BCUT2D eigenvalue weighted by Gasteiger charge is 2.41. The van der Waals surface area contributed by atoms with E-state index < -0.39 is 0 Å². The molecule has 1 aromatic carbocycles. The highest BCUT2D eigenvalue weighted by molar-refractivity contribution is 8.74. The van der Waals surface area contributed by atoms with Crippen molar-refractivity contribution in [3.8, 4) is 0 Å². The molecular formula is C12H17S2+. The van der Waals surface area contributed by atoms with Crippen LogP contribution in [0.5, 0.6) is 0 Å². The molecule has 1 fully saturated rings. The van der Waals surface area contributed by atoms with Crippen LogP contribution in [0.1, 0.15) is 26.7 Å². The van der Waals surface area contributed by atoms with Gasteiger partial charge in [-0.25, -0.2) is 0 Å². The van der Waals surface area contributed by atoms with Gasteiger partial charge in [0.2, 0.25) is 0 Å². The molecule has 76 valence electrons. The molecule has 0 bridgehead atoms. The summed E-state index contributed by atoms with van der Waals surface area (Å²) in [6.45, 7) is 4.81. The Bertz CT molecular complexity index is 274. The van der Waals surface area contributed by atoms with E-state index in [0.29, 0.717) is 9.93 Å². The standard InChI is InChI=1S/C12H17S2/c1-10-8-9-11(2)14(10)13-12-6-4-3-5-7-12/h3-7,10-11H,8-9H2,1-2H3/q+1/t10-,11-/m1/s1. The second kappa shape index (κ2) is 4.63. The summed E-state index contributed by atoms with van der Waals surface area (Å²) in [5.41, 5.74) is 0. The van der Waals surface area contributed by atoms with Crippen molar-refractivity contribution in [3.63, 3.8) is 0 Å². The summed E-state index contributed by atoms with van der Waals surface area (Å²) in [5.74, 6) is 0. The molecule has 2 atom stereocenters. The maximum atomic E-state index is 2.41. The molecule has 2 heteroatoms. The van der Waals surface area contributed by atoms with Crippen LogP contribution in [0.3, 0.4) is 0 Å². The first-order chi connectivity index (χ1) is 6.77. The van der Waals surface area contributed by atoms with Crippen LogP contribution in [0.2, 0.25) is 0 Å². The maximum Gasteiger partial charge on any atom is 0.129 e. The molecule has 1 aliphatic rings. The molecule has 0 spiro atoms. The second-order valence-corrected chi connectivity index (χ2v) is 8.48. The van der Waals surface area contributed by atoms with Crippen molar-refractivity contribution in [2.75, 3.05) is 0 Å². The van der Waals surface area contributed by atoms with Gasteiger partial charge >= 0.3 is 0 Å². The molecule has 0 nitrogen and oxygen atoms in total. The quantitative estimate of drug-likeness (QED) is 0.543. The minimum absolute atomic E-state index is 0.549. The summed E-state index contributed by atoms with van der Waals surface area (Å²) in [6, 6.07) is 10.8. The lowest BCUT2D eigenvalue weighted by Crippen LogP contribution is -2.14. The van der Waals surface area contributed by atoms with E-state index in [9.17, 15) is 0 Å². The van der Waals surface area contributed by atoms with Crippen molar-refractivity contribution in [1.82, 2.24) is 0 Å². The zero-order valence-corrected chi connectivity index (χ0v) is 10.4. The molecule has 1 saturated heterocycles. The van der Waals surface area contributed by atoms with Gasteiger partial charge in [-0.3, -0.25) is 0 Å². The Morgan fingerprint density at radius 3 is 2.21 bits per heavy atom. The molecule has 1 aliphatic heterocycles. The van der Waals surface area contributed by atoms with Gasteiger partial charge in [-0.2, -0.15) is 0 Å². The molecule has 1 aromatic rings.